The van der Waals surface area contributed by atoms with Gasteiger partial charge in [-0.2, -0.15) is 0 Å². The van der Waals surface area contributed by atoms with Crippen LogP contribution < -0.4 is 0 Å². The fourth-order valence-electron chi connectivity index (χ4n) is 2.55. The molecule has 0 radical (unpaired) electrons. The number of unbranched alkanes of at least 4 members (excludes halogenated alkanes) is 1. The van der Waals surface area contributed by atoms with Gasteiger partial charge in [-0.3, -0.25) is 4.79 Å². The Balaban J connectivity index is 2.25. The average Bonchev–Trinajstić information content (AvgIpc) is 2.67. The fourth-order valence-corrected chi connectivity index (χ4v) is 3.02. The Kier molecular flexibility index (Phi) is 7.42. The maximum Gasteiger partial charge on any atom is 0.305 e. The quantitative estimate of drug-likeness (QED) is 0.325. The van der Waals surface area contributed by atoms with Crippen LogP contribution in [0.15, 0.2) is 12.2 Å². The minimum Gasteiger partial charge on any atom is -0.469 e. The van der Waals surface area contributed by atoms with Crippen molar-refractivity contribution in [3.8, 4) is 0 Å². The average molecular weight is 291 g/mol. The topological polar surface area (TPSA) is 66.8 Å². The number of aliphatic hydroxyl groups excluding tert-OH is 2. The van der Waals surface area contributed by atoms with Crippen LogP contribution in [0.3, 0.4) is 0 Å². The first-order valence-corrected chi connectivity index (χ1v) is 7.18. The van der Waals surface area contributed by atoms with Crippen LogP contribution >= 0.6 is 11.6 Å². The van der Waals surface area contributed by atoms with E-state index in [0.717, 1.165) is 19.3 Å². The Bertz CT molecular complexity index is 306. The van der Waals surface area contributed by atoms with E-state index in [1.54, 1.807) is 0 Å². The highest BCUT2D eigenvalue weighted by molar-refractivity contribution is 6.21. The highest BCUT2D eigenvalue weighted by Crippen LogP contribution is 2.38. The second-order valence-corrected chi connectivity index (χ2v) is 5.57. The third-order valence-electron chi connectivity index (χ3n) is 3.74. The third kappa shape index (κ3) is 5.13. The molecule has 0 aromatic heterocycles. The largest absolute Gasteiger partial charge is 0.469 e. The molecule has 1 fully saturated rings. The molecule has 0 aliphatic heterocycles. The summed E-state index contributed by atoms with van der Waals surface area (Å²) in [5.41, 5.74) is 0. The Morgan fingerprint density at radius 2 is 2.16 bits per heavy atom. The molecule has 1 aliphatic rings. The SMILES string of the molecule is COC(=O)CCCC=CC[C@@H]1[C@@H](CO)[C@H](O)C[C@H]1Cl. The molecule has 110 valence electrons. The van der Waals surface area contributed by atoms with Gasteiger partial charge in [0.15, 0.2) is 0 Å². The van der Waals surface area contributed by atoms with E-state index in [0.29, 0.717) is 12.8 Å². The molecule has 1 rings (SSSR count). The Morgan fingerprint density at radius 3 is 2.79 bits per heavy atom. The van der Waals surface area contributed by atoms with Crippen LogP contribution in [-0.4, -0.2) is 41.4 Å². The van der Waals surface area contributed by atoms with E-state index in [4.69, 9.17) is 11.6 Å². The van der Waals surface area contributed by atoms with Gasteiger partial charge < -0.3 is 14.9 Å². The second kappa shape index (κ2) is 8.56. The molecule has 4 nitrogen and oxygen atoms in total. The van der Waals surface area contributed by atoms with Crippen LogP contribution in [0.25, 0.3) is 0 Å². The number of esters is 1. The fraction of sp³-hybridized carbons (Fsp3) is 0.786. The van der Waals surface area contributed by atoms with Crippen LogP contribution in [0.1, 0.15) is 32.1 Å². The Morgan fingerprint density at radius 1 is 1.42 bits per heavy atom. The van der Waals surface area contributed by atoms with E-state index in [-0.39, 0.29) is 29.8 Å². The van der Waals surface area contributed by atoms with Gasteiger partial charge in [-0.05, 0) is 31.6 Å². The third-order valence-corrected chi connectivity index (χ3v) is 4.24. The molecule has 4 atom stereocenters. The maximum absolute atomic E-state index is 10.9. The minimum absolute atomic E-state index is 0.0226. The molecule has 0 unspecified atom stereocenters. The lowest BCUT2D eigenvalue weighted by Gasteiger charge is -2.19. The van der Waals surface area contributed by atoms with Crippen molar-refractivity contribution in [1.82, 2.24) is 0 Å². The lowest BCUT2D eigenvalue weighted by Crippen LogP contribution is -2.23. The van der Waals surface area contributed by atoms with Gasteiger partial charge >= 0.3 is 5.97 Å². The second-order valence-electron chi connectivity index (χ2n) is 5.00. The van der Waals surface area contributed by atoms with E-state index < -0.39 is 6.10 Å². The smallest absolute Gasteiger partial charge is 0.305 e. The number of aliphatic hydroxyl groups is 2. The molecule has 5 heteroatoms. The highest BCUT2D eigenvalue weighted by Gasteiger charge is 2.40. The molecule has 0 amide bonds. The monoisotopic (exact) mass is 290 g/mol. The van der Waals surface area contributed by atoms with Crippen molar-refractivity contribution < 1.29 is 19.7 Å². The Hall–Kier alpha value is -0.580. The first-order chi connectivity index (χ1) is 9.10. The van der Waals surface area contributed by atoms with Gasteiger partial charge in [-0.1, -0.05) is 12.2 Å². The zero-order valence-electron chi connectivity index (χ0n) is 11.3. The molecule has 0 aromatic rings. The van der Waals surface area contributed by atoms with Crippen molar-refractivity contribution in [3.63, 3.8) is 0 Å². The van der Waals surface area contributed by atoms with Gasteiger partial charge in [-0.15, -0.1) is 11.6 Å². The zero-order valence-corrected chi connectivity index (χ0v) is 12.1. The van der Waals surface area contributed by atoms with Crippen LogP contribution in [0.2, 0.25) is 0 Å². The number of carbonyl (C=O) groups is 1. The first kappa shape index (κ1) is 16.5. The van der Waals surface area contributed by atoms with Crippen molar-refractivity contribution in [2.45, 2.75) is 43.6 Å². The normalized spacial score (nSPS) is 30.9. The zero-order chi connectivity index (χ0) is 14.3. The Labute approximate surface area is 119 Å². The van der Waals surface area contributed by atoms with Crippen molar-refractivity contribution in [2.75, 3.05) is 13.7 Å². The summed E-state index contributed by atoms with van der Waals surface area (Å²) >= 11 is 6.18. The summed E-state index contributed by atoms with van der Waals surface area (Å²) in [6, 6.07) is 0. The van der Waals surface area contributed by atoms with Crippen molar-refractivity contribution in [3.05, 3.63) is 12.2 Å². The summed E-state index contributed by atoms with van der Waals surface area (Å²) in [6.45, 7) is -0.0226. The molecular weight excluding hydrogens is 268 g/mol. The van der Waals surface area contributed by atoms with E-state index in [1.165, 1.54) is 7.11 Å². The number of carbonyl (C=O) groups excluding carboxylic acids is 1. The number of allylic oxidation sites excluding steroid dienone is 2. The van der Waals surface area contributed by atoms with Gasteiger partial charge in [0.05, 0.1) is 13.2 Å². The van der Waals surface area contributed by atoms with Crippen molar-refractivity contribution in [1.29, 1.82) is 0 Å². The predicted molar refractivity (Wildman–Crippen MR) is 74.0 cm³/mol. The number of hydrogen-bond acceptors (Lipinski definition) is 4. The van der Waals surface area contributed by atoms with Crippen LogP contribution in [0.5, 0.6) is 0 Å². The summed E-state index contributed by atoms with van der Waals surface area (Å²) in [5, 5.41) is 18.9. The van der Waals surface area contributed by atoms with Gasteiger partial charge in [0.1, 0.15) is 0 Å². The van der Waals surface area contributed by atoms with Crippen LogP contribution in [0, 0.1) is 11.8 Å². The van der Waals surface area contributed by atoms with Gasteiger partial charge in [-0.25, -0.2) is 0 Å². The van der Waals surface area contributed by atoms with Gasteiger partial charge in [0.25, 0.3) is 0 Å². The van der Waals surface area contributed by atoms with E-state index in [9.17, 15) is 15.0 Å². The molecule has 1 aliphatic carbocycles. The molecule has 2 N–H and O–H groups in total. The number of halogens is 1. The molecule has 0 saturated heterocycles. The molecule has 0 spiro atoms. The molecular formula is C14H23ClO4. The van der Waals surface area contributed by atoms with Gasteiger partial charge in [0, 0.05) is 24.3 Å². The first-order valence-electron chi connectivity index (χ1n) is 6.75. The van der Waals surface area contributed by atoms with Crippen molar-refractivity contribution in [2.24, 2.45) is 11.8 Å². The lowest BCUT2D eigenvalue weighted by atomic mass is 9.92. The molecule has 0 heterocycles. The van der Waals surface area contributed by atoms with E-state index in [1.807, 2.05) is 12.2 Å². The number of alkyl halides is 1. The summed E-state index contributed by atoms with van der Waals surface area (Å²) in [5.74, 6) is -0.186. The van der Waals surface area contributed by atoms with Gasteiger partial charge in [0.2, 0.25) is 0 Å². The molecule has 19 heavy (non-hydrogen) atoms. The summed E-state index contributed by atoms with van der Waals surface area (Å²) in [6.07, 6.45) is 6.88. The number of methoxy groups -OCH3 is 1. The van der Waals surface area contributed by atoms with Crippen molar-refractivity contribution >= 4 is 17.6 Å². The van der Waals surface area contributed by atoms with E-state index in [2.05, 4.69) is 4.74 Å². The predicted octanol–water partition coefficient (Wildman–Crippen LogP) is 1.87. The van der Waals surface area contributed by atoms with Crippen LogP contribution in [0.4, 0.5) is 0 Å². The summed E-state index contributed by atoms with van der Waals surface area (Å²) in [4.78, 5) is 10.9. The van der Waals surface area contributed by atoms with Crippen LogP contribution in [-0.2, 0) is 9.53 Å². The highest BCUT2D eigenvalue weighted by atomic mass is 35.5. The molecule has 0 bridgehead atoms. The summed E-state index contributed by atoms with van der Waals surface area (Å²) < 4.78 is 4.56. The molecule has 1 saturated carbocycles. The number of hydrogen-bond donors (Lipinski definition) is 2. The standard InChI is InChI=1S/C14H23ClO4/c1-19-14(18)7-5-3-2-4-6-10-11(9-16)13(17)8-12(10)15/h2,4,10-13,16-17H,3,5-9H2,1H3/t10-,11-,12-,13-/m1/s1. The molecule has 0 aromatic carbocycles. The lowest BCUT2D eigenvalue weighted by molar-refractivity contribution is -0.140. The summed E-state index contributed by atoms with van der Waals surface area (Å²) in [7, 11) is 1.39. The maximum atomic E-state index is 10.9. The minimum atomic E-state index is -0.495. The van der Waals surface area contributed by atoms with E-state index >= 15 is 0 Å². The number of ether oxygens (including phenoxy) is 1. The number of rotatable bonds is 7.